The van der Waals surface area contributed by atoms with Crippen LogP contribution in [0.15, 0.2) is 12.1 Å². The van der Waals surface area contributed by atoms with Crippen molar-refractivity contribution in [2.75, 3.05) is 0 Å². The highest BCUT2D eigenvalue weighted by Gasteiger charge is 2.22. The largest absolute Gasteiger partial charge is 0.368 e. The van der Waals surface area contributed by atoms with E-state index in [1.54, 1.807) is 0 Å². The quantitative estimate of drug-likeness (QED) is 0.751. The zero-order chi connectivity index (χ0) is 16.4. The van der Waals surface area contributed by atoms with Crippen molar-refractivity contribution in [3.05, 3.63) is 33.8 Å². The van der Waals surface area contributed by atoms with E-state index in [0.29, 0.717) is 18.3 Å². The van der Waals surface area contributed by atoms with Gasteiger partial charge in [-0.2, -0.15) is 0 Å². The van der Waals surface area contributed by atoms with Crippen LogP contribution >= 0.6 is 11.6 Å². The first-order chi connectivity index (χ1) is 9.51. The van der Waals surface area contributed by atoms with Gasteiger partial charge in [-0.15, -0.1) is 0 Å². The van der Waals surface area contributed by atoms with Crippen LogP contribution < -0.4 is 0 Å². The molecule has 0 saturated carbocycles. The lowest BCUT2D eigenvalue weighted by atomic mass is 9.87. The van der Waals surface area contributed by atoms with Crippen molar-refractivity contribution in [2.24, 2.45) is 0 Å². The number of ether oxygens (including phenoxy) is 1. The van der Waals surface area contributed by atoms with E-state index < -0.39 is 6.29 Å². The molecule has 2 nitrogen and oxygen atoms in total. The smallest absolute Gasteiger partial charge is 0.159 e. The summed E-state index contributed by atoms with van der Waals surface area (Å²) in [6.45, 7) is 14.4. The molecule has 0 aliphatic heterocycles. The minimum atomic E-state index is -0.804. The number of hydrogen-bond acceptors (Lipinski definition) is 2. The van der Waals surface area contributed by atoms with E-state index >= 15 is 0 Å². The lowest BCUT2D eigenvalue weighted by molar-refractivity contribution is -0.164. The average Bonchev–Trinajstić information content (AvgIpc) is 2.27. The first kappa shape index (κ1) is 18.5. The van der Waals surface area contributed by atoms with Crippen LogP contribution in [0.4, 0.5) is 0 Å². The highest BCUT2D eigenvalue weighted by atomic mass is 35.5. The first-order valence-electron chi connectivity index (χ1n) is 7.69. The van der Waals surface area contributed by atoms with E-state index in [0.717, 1.165) is 5.02 Å². The molecule has 3 heteroatoms. The van der Waals surface area contributed by atoms with Crippen molar-refractivity contribution in [1.29, 1.82) is 0 Å². The highest BCUT2D eigenvalue weighted by Crippen LogP contribution is 2.32. The van der Waals surface area contributed by atoms with E-state index in [9.17, 15) is 5.11 Å². The van der Waals surface area contributed by atoms with Crippen LogP contribution in [0.2, 0.25) is 5.02 Å². The molecule has 1 unspecified atom stereocenters. The number of aliphatic hydroxyl groups excluding tert-OH is 1. The van der Waals surface area contributed by atoms with Gasteiger partial charge in [0.25, 0.3) is 0 Å². The molecule has 0 heterocycles. The summed E-state index contributed by atoms with van der Waals surface area (Å²) in [5.41, 5.74) is 3.20. The molecule has 0 fully saturated rings. The second-order valence-electron chi connectivity index (χ2n) is 7.26. The Morgan fingerprint density at radius 3 is 1.81 bits per heavy atom. The summed E-state index contributed by atoms with van der Waals surface area (Å²) in [5.74, 6) is 0.719. The summed E-state index contributed by atoms with van der Waals surface area (Å²) in [6, 6.07) is 4.02. The molecule has 1 aromatic carbocycles. The summed E-state index contributed by atoms with van der Waals surface area (Å²) >= 11 is 6.26. The monoisotopic (exact) mass is 312 g/mol. The van der Waals surface area contributed by atoms with Crippen LogP contribution in [0.1, 0.15) is 77.0 Å². The van der Waals surface area contributed by atoms with Gasteiger partial charge in [0, 0.05) is 11.4 Å². The van der Waals surface area contributed by atoms with E-state index in [4.69, 9.17) is 16.3 Å². The molecule has 0 amide bonds. The molecule has 0 aromatic heterocycles. The van der Waals surface area contributed by atoms with Crippen LogP contribution in [0.3, 0.4) is 0 Å². The molecule has 0 spiro atoms. The molecule has 120 valence electrons. The Hall–Kier alpha value is -0.570. The van der Waals surface area contributed by atoms with Crippen LogP contribution in [0.25, 0.3) is 0 Å². The zero-order valence-corrected chi connectivity index (χ0v) is 15.1. The molecule has 0 saturated heterocycles. The molecule has 1 atom stereocenters. The third-order valence-corrected chi connectivity index (χ3v) is 3.61. The third kappa shape index (κ3) is 5.61. The summed E-state index contributed by atoms with van der Waals surface area (Å²) in [4.78, 5) is 0. The van der Waals surface area contributed by atoms with Gasteiger partial charge < -0.3 is 9.84 Å². The maximum atomic E-state index is 10.3. The van der Waals surface area contributed by atoms with Crippen LogP contribution in [-0.2, 0) is 11.2 Å². The molecule has 0 aliphatic rings. The van der Waals surface area contributed by atoms with Crippen LogP contribution in [0, 0.1) is 0 Å². The van der Waals surface area contributed by atoms with Gasteiger partial charge in [0.05, 0.1) is 5.60 Å². The van der Waals surface area contributed by atoms with Crippen molar-refractivity contribution in [3.8, 4) is 0 Å². The van der Waals surface area contributed by atoms with E-state index in [1.807, 2.05) is 32.9 Å². The SMILES string of the molecule is CC(C)c1cc(Cl)cc(C(C)C)c1CC(O)OC(C)(C)C. The van der Waals surface area contributed by atoms with Gasteiger partial charge in [0.15, 0.2) is 6.29 Å². The Balaban J connectivity index is 3.19. The third-order valence-electron chi connectivity index (χ3n) is 3.40. The predicted molar refractivity (Wildman–Crippen MR) is 90.2 cm³/mol. The lowest BCUT2D eigenvalue weighted by Crippen LogP contribution is -2.29. The second-order valence-corrected chi connectivity index (χ2v) is 7.70. The van der Waals surface area contributed by atoms with Gasteiger partial charge in [-0.3, -0.25) is 0 Å². The minimum absolute atomic E-state index is 0.359. The maximum Gasteiger partial charge on any atom is 0.159 e. The fraction of sp³-hybridized carbons (Fsp3) is 0.667. The Labute approximate surface area is 134 Å². The molecule has 1 rings (SSSR count). The predicted octanol–water partition coefficient (Wildman–Crippen LogP) is 5.26. The lowest BCUT2D eigenvalue weighted by Gasteiger charge is -2.27. The van der Waals surface area contributed by atoms with E-state index in [1.165, 1.54) is 16.7 Å². The summed E-state index contributed by atoms with van der Waals surface area (Å²) in [7, 11) is 0. The highest BCUT2D eigenvalue weighted by molar-refractivity contribution is 6.30. The standard InChI is InChI=1S/C18H29ClO2/c1-11(2)14-8-13(19)9-15(12(3)4)16(14)10-17(20)21-18(5,6)7/h8-9,11-12,17,20H,10H2,1-7H3. The van der Waals surface area contributed by atoms with Crippen molar-refractivity contribution >= 4 is 11.6 Å². The second kappa shape index (κ2) is 7.13. The van der Waals surface area contributed by atoms with Gasteiger partial charge in [0.2, 0.25) is 0 Å². The van der Waals surface area contributed by atoms with Crippen LogP contribution in [0.5, 0.6) is 0 Å². The normalized spacial score (nSPS) is 14.0. The average molecular weight is 313 g/mol. The molecule has 21 heavy (non-hydrogen) atoms. The molecular formula is C18H29ClO2. The molecule has 1 N–H and O–H groups in total. The van der Waals surface area contributed by atoms with Gasteiger partial charge in [-0.1, -0.05) is 39.3 Å². The first-order valence-corrected chi connectivity index (χ1v) is 8.07. The van der Waals surface area contributed by atoms with Crippen LogP contribution in [-0.4, -0.2) is 17.0 Å². The van der Waals surface area contributed by atoms with Gasteiger partial charge in [-0.25, -0.2) is 0 Å². The number of aliphatic hydroxyl groups is 1. The molecule has 0 bridgehead atoms. The number of halogens is 1. The fourth-order valence-electron chi connectivity index (χ4n) is 2.57. The summed E-state index contributed by atoms with van der Waals surface area (Å²) in [5, 5.41) is 11.0. The number of rotatable bonds is 5. The summed E-state index contributed by atoms with van der Waals surface area (Å²) in [6.07, 6.45) is -0.309. The fourth-order valence-corrected chi connectivity index (χ4v) is 2.81. The molecule has 0 aliphatic carbocycles. The van der Waals surface area contributed by atoms with Crippen molar-refractivity contribution in [2.45, 2.75) is 78.6 Å². The Kier molecular flexibility index (Phi) is 6.27. The number of hydrogen-bond donors (Lipinski definition) is 1. The van der Waals surface area contributed by atoms with Gasteiger partial charge >= 0.3 is 0 Å². The van der Waals surface area contributed by atoms with Crippen molar-refractivity contribution < 1.29 is 9.84 Å². The van der Waals surface area contributed by atoms with E-state index in [2.05, 4.69) is 27.7 Å². The maximum absolute atomic E-state index is 10.3. The van der Waals surface area contributed by atoms with Gasteiger partial charge in [-0.05, 0) is 61.4 Å². The van der Waals surface area contributed by atoms with Gasteiger partial charge in [0.1, 0.15) is 0 Å². The molecule has 0 radical (unpaired) electrons. The van der Waals surface area contributed by atoms with E-state index in [-0.39, 0.29) is 5.60 Å². The molecule has 1 aromatic rings. The molecular weight excluding hydrogens is 284 g/mol. The minimum Gasteiger partial charge on any atom is -0.368 e. The summed E-state index contributed by atoms with van der Waals surface area (Å²) < 4.78 is 5.66. The van der Waals surface area contributed by atoms with Crippen molar-refractivity contribution in [3.63, 3.8) is 0 Å². The topological polar surface area (TPSA) is 29.5 Å². The Bertz CT molecular complexity index is 444. The Morgan fingerprint density at radius 1 is 1.05 bits per heavy atom. The zero-order valence-electron chi connectivity index (χ0n) is 14.3. The number of benzene rings is 1. The van der Waals surface area contributed by atoms with Crippen molar-refractivity contribution in [1.82, 2.24) is 0 Å². The Morgan fingerprint density at radius 2 is 1.48 bits per heavy atom.